The maximum atomic E-state index is 11.5. The van der Waals surface area contributed by atoms with Crippen LogP contribution in [-0.4, -0.2) is 25.2 Å². The second-order valence-corrected chi connectivity index (χ2v) is 8.56. The van der Waals surface area contributed by atoms with Crippen molar-refractivity contribution in [1.29, 1.82) is 0 Å². The van der Waals surface area contributed by atoms with Crippen molar-refractivity contribution in [2.75, 3.05) is 13.2 Å². The van der Waals surface area contributed by atoms with Gasteiger partial charge in [-0.05, 0) is 49.3 Å². The standard InChI is InChI=1S/C21H31Cl2NO2/c1-4-6-20(25)26-12-11-24-19(13-15(2)3)21(9-5-10-21)16-7-8-17(22)18(23)14-16/h7-8,14-15,19,24H,4-6,9-13H2,1-3H3. The Balaban J connectivity index is 2.07. The third-order valence-corrected chi connectivity index (χ3v) is 6.06. The lowest BCUT2D eigenvalue weighted by atomic mass is 9.59. The molecule has 26 heavy (non-hydrogen) atoms. The quantitative estimate of drug-likeness (QED) is 0.401. The first-order valence-corrected chi connectivity index (χ1v) is 10.5. The van der Waals surface area contributed by atoms with E-state index in [-0.39, 0.29) is 11.4 Å². The molecule has 0 radical (unpaired) electrons. The van der Waals surface area contributed by atoms with E-state index in [9.17, 15) is 4.79 Å². The number of ether oxygens (including phenoxy) is 1. The Morgan fingerprint density at radius 1 is 1.27 bits per heavy atom. The Morgan fingerprint density at radius 2 is 2.00 bits per heavy atom. The highest BCUT2D eigenvalue weighted by molar-refractivity contribution is 6.42. The van der Waals surface area contributed by atoms with Gasteiger partial charge in [-0.2, -0.15) is 0 Å². The van der Waals surface area contributed by atoms with Gasteiger partial charge in [0.1, 0.15) is 6.61 Å². The predicted molar refractivity (Wildman–Crippen MR) is 109 cm³/mol. The van der Waals surface area contributed by atoms with Gasteiger partial charge in [-0.1, -0.05) is 56.5 Å². The first-order valence-electron chi connectivity index (χ1n) is 9.73. The molecule has 0 heterocycles. The van der Waals surface area contributed by atoms with Crippen LogP contribution in [-0.2, 0) is 14.9 Å². The van der Waals surface area contributed by atoms with Crippen LogP contribution < -0.4 is 5.32 Å². The summed E-state index contributed by atoms with van der Waals surface area (Å²) in [6.07, 6.45) is 5.90. The fraction of sp³-hybridized carbons (Fsp3) is 0.667. The smallest absolute Gasteiger partial charge is 0.305 e. The lowest BCUT2D eigenvalue weighted by Crippen LogP contribution is -2.54. The Labute approximate surface area is 167 Å². The van der Waals surface area contributed by atoms with E-state index in [0.29, 0.717) is 41.6 Å². The van der Waals surface area contributed by atoms with Gasteiger partial charge in [0.25, 0.3) is 0 Å². The summed E-state index contributed by atoms with van der Waals surface area (Å²) in [5.41, 5.74) is 1.35. The van der Waals surface area contributed by atoms with Gasteiger partial charge in [-0.25, -0.2) is 0 Å². The molecule has 3 nitrogen and oxygen atoms in total. The molecule has 1 saturated carbocycles. The van der Waals surface area contributed by atoms with Gasteiger partial charge in [0.05, 0.1) is 10.0 Å². The molecule has 1 atom stereocenters. The summed E-state index contributed by atoms with van der Waals surface area (Å²) in [4.78, 5) is 11.5. The van der Waals surface area contributed by atoms with Gasteiger partial charge in [-0.15, -0.1) is 0 Å². The van der Waals surface area contributed by atoms with Crippen molar-refractivity contribution in [3.63, 3.8) is 0 Å². The molecule has 0 aromatic heterocycles. The minimum atomic E-state index is -0.113. The van der Waals surface area contributed by atoms with Crippen molar-refractivity contribution in [2.45, 2.75) is 70.8 Å². The maximum absolute atomic E-state index is 11.5. The molecule has 0 saturated heterocycles. The van der Waals surface area contributed by atoms with E-state index < -0.39 is 0 Å². The van der Waals surface area contributed by atoms with E-state index in [1.54, 1.807) is 0 Å². The van der Waals surface area contributed by atoms with Gasteiger partial charge in [-0.3, -0.25) is 4.79 Å². The number of benzene rings is 1. The molecule has 2 rings (SSSR count). The third-order valence-electron chi connectivity index (χ3n) is 5.32. The minimum Gasteiger partial charge on any atom is -0.464 e. The highest BCUT2D eigenvalue weighted by Gasteiger charge is 2.45. The molecular formula is C21H31Cl2NO2. The van der Waals surface area contributed by atoms with Crippen LogP contribution in [0, 0.1) is 5.92 Å². The molecule has 1 aliphatic carbocycles. The lowest BCUT2D eigenvalue weighted by molar-refractivity contribution is -0.143. The molecule has 0 spiro atoms. The number of nitrogens with one attached hydrogen (secondary N) is 1. The van der Waals surface area contributed by atoms with Gasteiger partial charge in [0.2, 0.25) is 0 Å². The van der Waals surface area contributed by atoms with Crippen molar-refractivity contribution in [2.24, 2.45) is 5.92 Å². The molecule has 1 aromatic rings. The molecule has 0 amide bonds. The molecule has 1 fully saturated rings. The number of carbonyl (C=O) groups is 1. The van der Waals surface area contributed by atoms with Gasteiger partial charge in [0, 0.05) is 24.4 Å². The SMILES string of the molecule is CCCC(=O)OCCNC(CC(C)C)C1(c2ccc(Cl)c(Cl)c2)CCC1. The van der Waals surface area contributed by atoms with Crippen molar-refractivity contribution in [1.82, 2.24) is 5.32 Å². The summed E-state index contributed by atoms with van der Waals surface area (Å²) >= 11 is 12.4. The summed E-state index contributed by atoms with van der Waals surface area (Å²) in [6.45, 7) is 7.57. The Hall–Kier alpha value is -0.770. The molecule has 0 bridgehead atoms. The zero-order chi connectivity index (χ0) is 19.2. The van der Waals surface area contributed by atoms with Crippen LogP contribution in [0.25, 0.3) is 0 Å². The second-order valence-electron chi connectivity index (χ2n) is 7.75. The topological polar surface area (TPSA) is 38.3 Å². The van der Waals surface area contributed by atoms with E-state index in [1.165, 1.54) is 12.0 Å². The van der Waals surface area contributed by atoms with Crippen LogP contribution in [0.15, 0.2) is 18.2 Å². The van der Waals surface area contributed by atoms with Crippen molar-refractivity contribution >= 4 is 29.2 Å². The van der Waals surface area contributed by atoms with Crippen molar-refractivity contribution < 1.29 is 9.53 Å². The van der Waals surface area contributed by atoms with E-state index in [1.807, 2.05) is 19.1 Å². The molecule has 1 aromatic carbocycles. The van der Waals surface area contributed by atoms with Crippen LogP contribution >= 0.6 is 23.2 Å². The first kappa shape index (κ1) is 21.5. The average molecular weight is 400 g/mol. The number of rotatable bonds is 10. The van der Waals surface area contributed by atoms with Crippen LogP contribution in [0.2, 0.25) is 10.0 Å². The Kier molecular flexibility index (Phi) is 8.25. The number of hydrogen-bond acceptors (Lipinski definition) is 3. The monoisotopic (exact) mass is 399 g/mol. The fourth-order valence-electron chi connectivity index (χ4n) is 3.85. The Bertz CT molecular complexity index is 600. The number of esters is 1. The largest absolute Gasteiger partial charge is 0.464 e. The molecule has 5 heteroatoms. The van der Waals surface area contributed by atoms with Crippen molar-refractivity contribution in [3.05, 3.63) is 33.8 Å². The predicted octanol–water partition coefficient (Wildman–Crippen LogP) is 5.76. The number of hydrogen-bond donors (Lipinski definition) is 1. The minimum absolute atomic E-state index is 0.0892. The van der Waals surface area contributed by atoms with Gasteiger partial charge < -0.3 is 10.1 Å². The average Bonchev–Trinajstić information content (AvgIpc) is 2.53. The Morgan fingerprint density at radius 3 is 2.54 bits per heavy atom. The van der Waals surface area contributed by atoms with Crippen LogP contribution in [0.1, 0.15) is 64.9 Å². The summed E-state index contributed by atoms with van der Waals surface area (Å²) in [6, 6.07) is 6.37. The van der Waals surface area contributed by atoms with E-state index in [4.69, 9.17) is 27.9 Å². The summed E-state index contributed by atoms with van der Waals surface area (Å²) in [5.74, 6) is 0.466. The van der Waals surface area contributed by atoms with Crippen LogP contribution in [0.3, 0.4) is 0 Å². The zero-order valence-corrected chi connectivity index (χ0v) is 17.6. The fourth-order valence-corrected chi connectivity index (χ4v) is 4.15. The molecule has 1 N–H and O–H groups in total. The summed E-state index contributed by atoms with van der Waals surface area (Å²) < 4.78 is 5.30. The van der Waals surface area contributed by atoms with Crippen LogP contribution in [0.4, 0.5) is 0 Å². The van der Waals surface area contributed by atoms with E-state index in [2.05, 4.69) is 25.2 Å². The molecule has 1 unspecified atom stereocenters. The summed E-state index contributed by atoms with van der Waals surface area (Å²) in [7, 11) is 0. The van der Waals surface area contributed by atoms with Crippen molar-refractivity contribution in [3.8, 4) is 0 Å². The normalized spacial score (nSPS) is 17.0. The number of carbonyl (C=O) groups excluding carboxylic acids is 1. The lowest BCUT2D eigenvalue weighted by Gasteiger charge is -2.49. The maximum Gasteiger partial charge on any atom is 0.305 e. The highest BCUT2D eigenvalue weighted by atomic mass is 35.5. The second kappa shape index (κ2) is 9.96. The molecule has 146 valence electrons. The van der Waals surface area contributed by atoms with Gasteiger partial charge in [0.15, 0.2) is 0 Å². The van der Waals surface area contributed by atoms with E-state index >= 15 is 0 Å². The van der Waals surface area contributed by atoms with Gasteiger partial charge >= 0.3 is 5.97 Å². The first-order chi connectivity index (χ1) is 12.4. The zero-order valence-electron chi connectivity index (χ0n) is 16.1. The third kappa shape index (κ3) is 5.37. The molecule has 0 aliphatic heterocycles. The summed E-state index contributed by atoms with van der Waals surface area (Å²) in [5, 5.41) is 4.89. The number of halogens is 2. The van der Waals surface area contributed by atoms with E-state index in [0.717, 1.165) is 25.7 Å². The highest BCUT2D eigenvalue weighted by Crippen LogP contribution is 2.49. The van der Waals surface area contributed by atoms with Crippen LogP contribution in [0.5, 0.6) is 0 Å². The molecular weight excluding hydrogens is 369 g/mol. The molecule has 1 aliphatic rings.